The maximum Gasteiger partial charge on any atom is 0.286 e. The lowest BCUT2D eigenvalue weighted by Gasteiger charge is -2.38. The summed E-state index contributed by atoms with van der Waals surface area (Å²) in [6.45, 7) is 8.52. The second-order valence-electron chi connectivity index (χ2n) is 8.91. The number of phenolic OH excluding ortho intramolecular Hbond substituents is 1. The maximum absolute atomic E-state index is 11.7. The maximum atomic E-state index is 11.7. The molecule has 4 rings (SSSR count). The molecule has 2 unspecified atom stereocenters. The van der Waals surface area contributed by atoms with Crippen molar-refractivity contribution in [3.63, 3.8) is 0 Å². The fourth-order valence-electron chi connectivity index (χ4n) is 4.32. The third-order valence-electron chi connectivity index (χ3n) is 6.60. The summed E-state index contributed by atoms with van der Waals surface area (Å²) in [5.74, 6) is 1.82. The van der Waals surface area contributed by atoms with Crippen molar-refractivity contribution >= 4 is 22.9 Å². The summed E-state index contributed by atoms with van der Waals surface area (Å²) in [6, 6.07) is 7.66. The number of phenols is 1. The number of benzene rings is 2. The zero-order valence-electron chi connectivity index (χ0n) is 18.9. The van der Waals surface area contributed by atoms with Gasteiger partial charge in [-0.05, 0) is 81.3 Å². The van der Waals surface area contributed by atoms with Crippen molar-refractivity contribution in [2.45, 2.75) is 64.2 Å². The third kappa shape index (κ3) is 4.44. The molecule has 0 spiro atoms. The Kier molecular flexibility index (Phi) is 6.12. The molecule has 2 atom stereocenters. The van der Waals surface area contributed by atoms with Gasteiger partial charge in [-0.1, -0.05) is 23.9 Å². The highest BCUT2D eigenvalue weighted by molar-refractivity contribution is 8.15. The molecule has 6 nitrogen and oxygen atoms in total. The van der Waals surface area contributed by atoms with E-state index in [4.69, 9.17) is 9.47 Å². The summed E-state index contributed by atoms with van der Waals surface area (Å²) in [5.41, 5.74) is 4.56. The molecule has 0 bridgehead atoms. The second kappa shape index (κ2) is 8.70. The van der Waals surface area contributed by atoms with Gasteiger partial charge in [0.05, 0.1) is 11.9 Å². The molecule has 2 aromatic rings. The van der Waals surface area contributed by atoms with E-state index in [1.807, 2.05) is 45.0 Å². The average molecular weight is 456 g/mol. The van der Waals surface area contributed by atoms with Crippen molar-refractivity contribution in [1.29, 1.82) is 0 Å². The number of hydrogen-bond donors (Lipinski definition) is 2. The van der Waals surface area contributed by atoms with Gasteiger partial charge in [0, 0.05) is 12.0 Å². The summed E-state index contributed by atoms with van der Waals surface area (Å²) in [5, 5.41) is 12.0. The van der Waals surface area contributed by atoms with Crippen LogP contribution < -0.4 is 14.8 Å². The van der Waals surface area contributed by atoms with Crippen LogP contribution >= 0.6 is 11.8 Å². The van der Waals surface area contributed by atoms with E-state index in [0.717, 1.165) is 70.3 Å². The van der Waals surface area contributed by atoms with E-state index >= 15 is 0 Å². The molecule has 0 aliphatic carbocycles. The summed E-state index contributed by atoms with van der Waals surface area (Å²) < 4.78 is 12.4. The van der Waals surface area contributed by atoms with E-state index in [9.17, 15) is 14.7 Å². The van der Waals surface area contributed by atoms with E-state index in [1.165, 1.54) is 0 Å². The number of ether oxygens (including phenoxy) is 2. The first-order valence-electron chi connectivity index (χ1n) is 10.9. The molecule has 2 heterocycles. The Morgan fingerprint density at radius 1 is 1.16 bits per heavy atom. The molecule has 1 fully saturated rings. The molecular weight excluding hydrogens is 426 g/mol. The number of imide groups is 1. The van der Waals surface area contributed by atoms with Gasteiger partial charge in [-0.2, -0.15) is 0 Å². The fourth-order valence-corrected chi connectivity index (χ4v) is 5.18. The smallest absolute Gasteiger partial charge is 0.286 e. The minimum atomic E-state index is -0.363. The van der Waals surface area contributed by atoms with Crippen LogP contribution in [0.2, 0.25) is 0 Å². The molecule has 2 amide bonds. The van der Waals surface area contributed by atoms with Crippen molar-refractivity contribution in [2.75, 3.05) is 6.61 Å². The van der Waals surface area contributed by atoms with Crippen molar-refractivity contribution in [3.05, 3.63) is 52.1 Å². The van der Waals surface area contributed by atoms with Gasteiger partial charge in [-0.15, -0.1) is 0 Å². The van der Waals surface area contributed by atoms with E-state index in [1.54, 1.807) is 0 Å². The molecule has 170 valence electrons. The molecule has 32 heavy (non-hydrogen) atoms. The summed E-state index contributed by atoms with van der Waals surface area (Å²) in [6.07, 6.45) is 3.00. The number of aromatic hydroxyl groups is 1. The van der Waals surface area contributed by atoms with Crippen LogP contribution in [-0.4, -0.2) is 33.7 Å². The summed E-state index contributed by atoms with van der Waals surface area (Å²) in [4.78, 5) is 23.0. The number of amides is 2. The first-order chi connectivity index (χ1) is 15.2. The highest BCUT2D eigenvalue weighted by atomic mass is 32.2. The van der Waals surface area contributed by atoms with Gasteiger partial charge in [0.1, 0.15) is 22.8 Å². The van der Waals surface area contributed by atoms with E-state index in [2.05, 4.69) is 12.2 Å². The van der Waals surface area contributed by atoms with Gasteiger partial charge >= 0.3 is 0 Å². The van der Waals surface area contributed by atoms with Crippen LogP contribution in [0.4, 0.5) is 4.79 Å². The Hall–Kier alpha value is -2.67. The SMILES string of the molecule is Cc1c(C)c2c(c(C)c1O)CCC(C)(CCOc1ccc(CC3SC(=O)NC3=O)cc1)O2. The van der Waals surface area contributed by atoms with E-state index in [0.29, 0.717) is 18.8 Å². The number of fused-ring (bicyclic) bond motifs is 1. The molecular formula is C25H29NO5S. The topological polar surface area (TPSA) is 84.9 Å². The van der Waals surface area contributed by atoms with Gasteiger partial charge in [0.2, 0.25) is 5.91 Å². The standard InChI is InChI=1S/C25H29NO5S/c1-14-15(2)22-19(16(3)21(14)27)9-10-25(4,31-22)11-12-30-18-7-5-17(6-8-18)13-20-23(28)26-24(29)32-20/h5-8,20,27H,9-13H2,1-4H3,(H,26,28,29). The predicted octanol–water partition coefficient (Wildman–Crippen LogP) is 4.76. The number of hydrogen-bond acceptors (Lipinski definition) is 6. The molecule has 0 aromatic heterocycles. The Morgan fingerprint density at radius 3 is 2.53 bits per heavy atom. The molecule has 2 aliphatic heterocycles. The van der Waals surface area contributed by atoms with Gasteiger partial charge < -0.3 is 14.6 Å². The summed E-state index contributed by atoms with van der Waals surface area (Å²) in [7, 11) is 0. The van der Waals surface area contributed by atoms with Crippen LogP contribution in [0.5, 0.6) is 17.2 Å². The number of thioether (sulfide) groups is 1. The summed E-state index contributed by atoms with van der Waals surface area (Å²) >= 11 is 1.04. The average Bonchev–Trinajstić information content (AvgIpc) is 3.08. The first-order valence-corrected chi connectivity index (χ1v) is 11.8. The molecule has 2 N–H and O–H groups in total. The molecule has 0 saturated carbocycles. The fraction of sp³-hybridized carbons (Fsp3) is 0.440. The van der Waals surface area contributed by atoms with Crippen LogP contribution in [0.15, 0.2) is 24.3 Å². The minimum Gasteiger partial charge on any atom is -0.507 e. The van der Waals surface area contributed by atoms with Crippen molar-refractivity contribution in [3.8, 4) is 17.2 Å². The van der Waals surface area contributed by atoms with Crippen LogP contribution in [0.25, 0.3) is 0 Å². The van der Waals surface area contributed by atoms with Crippen molar-refractivity contribution < 1.29 is 24.2 Å². The lowest BCUT2D eigenvalue weighted by Crippen LogP contribution is -2.38. The highest BCUT2D eigenvalue weighted by Crippen LogP contribution is 2.44. The van der Waals surface area contributed by atoms with Crippen LogP contribution in [0, 0.1) is 20.8 Å². The second-order valence-corrected chi connectivity index (χ2v) is 10.1. The number of rotatable bonds is 6. The van der Waals surface area contributed by atoms with Crippen LogP contribution in [0.1, 0.15) is 47.6 Å². The molecule has 0 radical (unpaired) electrons. The Balaban J connectivity index is 1.34. The first kappa shape index (κ1) is 22.5. The van der Waals surface area contributed by atoms with Gasteiger partial charge in [-0.3, -0.25) is 14.9 Å². The zero-order valence-corrected chi connectivity index (χ0v) is 19.7. The van der Waals surface area contributed by atoms with Gasteiger partial charge in [0.15, 0.2) is 0 Å². The molecule has 2 aromatic carbocycles. The van der Waals surface area contributed by atoms with E-state index < -0.39 is 0 Å². The number of carbonyl (C=O) groups is 2. The van der Waals surface area contributed by atoms with Gasteiger partial charge in [-0.25, -0.2) is 0 Å². The lowest BCUT2D eigenvalue weighted by atomic mass is 9.86. The Labute approximate surface area is 192 Å². The third-order valence-corrected chi connectivity index (χ3v) is 7.59. The quantitative estimate of drug-likeness (QED) is 0.653. The minimum absolute atomic E-state index is 0.224. The number of carbonyl (C=O) groups excluding carboxylic acids is 2. The van der Waals surface area contributed by atoms with Crippen molar-refractivity contribution in [1.82, 2.24) is 5.32 Å². The number of nitrogens with one attached hydrogen (secondary N) is 1. The lowest BCUT2D eigenvalue weighted by molar-refractivity contribution is -0.118. The molecule has 7 heteroatoms. The molecule has 1 saturated heterocycles. The zero-order chi connectivity index (χ0) is 23.0. The van der Waals surface area contributed by atoms with Crippen LogP contribution in [-0.2, 0) is 17.6 Å². The highest BCUT2D eigenvalue weighted by Gasteiger charge is 2.34. The van der Waals surface area contributed by atoms with E-state index in [-0.39, 0.29) is 22.0 Å². The Morgan fingerprint density at radius 2 is 1.88 bits per heavy atom. The van der Waals surface area contributed by atoms with Crippen molar-refractivity contribution in [2.24, 2.45) is 0 Å². The largest absolute Gasteiger partial charge is 0.507 e. The Bertz CT molecular complexity index is 1070. The monoisotopic (exact) mass is 455 g/mol. The van der Waals surface area contributed by atoms with Gasteiger partial charge in [0.25, 0.3) is 5.24 Å². The van der Waals surface area contributed by atoms with Crippen LogP contribution in [0.3, 0.4) is 0 Å². The molecule has 2 aliphatic rings. The predicted molar refractivity (Wildman–Crippen MR) is 125 cm³/mol. The normalized spacial score (nSPS) is 22.3.